The Hall–Kier alpha value is -10.5. The Kier molecular flexibility index (Phi) is 11.6. The summed E-state index contributed by atoms with van der Waals surface area (Å²) in [4.78, 5) is 0. The molecule has 0 saturated heterocycles. The Balaban J connectivity index is 0.672. The van der Waals surface area contributed by atoms with E-state index in [-0.39, 0.29) is 0 Å². The largest absolute Gasteiger partial charge is 0.309 e. The first kappa shape index (κ1) is 46.7. The summed E-state index contributed by atoms with van der Waals surface area (Å²) >= 11 is 0. The molecule has 0 radical (unpaired) electrons. The monoisotopic (exact) mass is 1020 g/mol. The van der Waals surface area contributed by atoms with Crippen LogP contribution in [0.25, 0.3) is 144 Å². The third kappa shape index (κ3) is 8.48. The predicted molar refractivity (Wildman–Crippen MR) is 339 cm³/mol. The van der Waals surface area contributed by atoms with Gasteiger partial charge in [-0.25, -0.2) is 0 Å². The highest BCUT2D eigenvalue weighted by atomic mass is 15.0. The molecule has 0 fully saturated rings. The molecule has 0 unspecified atom stereocenters. The number of aromatic nitrogens is 2. The van der Waals surface area contributed by atoms with E-state index >= 15 is 0 Å². The first-order chi connectivity index (χ1) is 39.6. The van der Waals surface area contributed by atoms with Gasteiger partial charge in [-0.15, -0.1) is 0 Å². The number of hydrogen-bond donors (Lipinski definition) is 0. The Bertz CT molecular complexity index is 4740. The van der Waals surface area contributed by atoms with Gasteiger partial charge in [-0.1, -0.05) is 243 Å². The smallest absolute Gasteiger partial charge is 0.0541 e. The fraction of sp³-hybridized carbons (Fsp3) is 0. The normalized spacial score (nSPS) is 11.5. The number of benzene rings is 13. The summed E-state index contributed by atoms with van der Waals surface area (Å²) in [5.41, 5.74) is 26.4. The van der Waals surface area contributed by atoms with Crippen LogP contribution >= 0.6 is 0 Å². The zero-order valence-corrected chi connectivity index (χ0v) is 43.9. The van der Waals surface area contributed by atoms with Crippen LogP contribution in [-0.4, -0.2) is 9.13 Å². The van der Waals surface area contributed by atoms with Gasteiger partial charge in [0.15, 0.2) is 0 Å². The summed E-state index contributed by atoms with van der Waals surface area (Å²) < 4.78 is 4.81. The molecule has 2 heteroatoms. The zero-order chi connectivity index (χ0) is 52.9. The predicted octanol–water partition coefficient (Wildman–Crippen LogP) is 21.2. The molecule has 0 aliphatic heterocycles. The number of rotatable bonds is 10. The maximum atomic E-state index is 2.41. The Morgan fingerprint density at radius 3 is 0.713 bits per heavy atom. The van der Waals surface area contributed by atoms with Gasteiger partial charge in [0.2, 0.25) is 0 Å². The Labute approximate surface area is 466 Å². The molecule has 80 heavy (non-hydrogen) atoms. The molecule has 2 aromatic heterocycles. The molecule has 0 saturated carbocycles. The molecule has 2 nitrogen and oxygen atoms in total. The molecule has 0 aliphatic rings. The molecule has 0 aliphatic carbocycles. The van der Waals surface area contributed by atoms with Crippen LogP contribution in [-0.2, 0) is 0 Å². The van der Waals surface area contributed by atoms with Crippen LogP contribution in [0.2, 0.25) is 0 Å². The minimum atomic E-state index is 1.14. The van der Waals surface area contributed by atoms with Gasteiger partial charge < -0.3 is 9.13 Å². The van der Waals surface area contributed by atoms with E-state index in [1.807, 2.05) is 0 Å². The van der Waals surface area contributed by atoms with Gasteiger partial charge in [0.1, 0.15) is 0 Å². The molecular formula is C78H52N2. The Morgan fingerprint density at radius 2 is 0.362 bits per heavy atom. The fourth-order valence-corrected chi connectivity index (χ4v) is 12.1. The third-order valence-electron chi connectivity index (χ3n) is 16.2. The molecule has 2 heterocycles. The molecule has 15 aromatic rings. The maximum Gasteiger partial charge on any atom is 0.0541 e. The quantitative estimate of drug-likeness (QED) is 0.129. The molecular weight excluding hydrogens is 965 g/mol. The van der Waals surface area contributed by atoms with Crippen LogP contribution < -0.4 is 0 Å². The van der Waals surface area contributed by atoms with Gasteiger partial charge in [0.05, 0.1) is 22.1 Å². The lowest BCUT2D eigenvalue weighted by Gasteiger charge is -2.11. The summed E-state index contributed by atoms with van der Waals surface area (Å²) in [5.74, 6) is 0. The maximum absolute atomic E-state index is 2.41. The van der Waals surface area contributed by atoms with Crippen molar-refractivity contribution in [1.82, 2.24) is 9.13 Å². The molecule has 374 valence electrons. The van der Waals surface area contributed by atoms with Crippen LogP contribution in [0.1, 0.15) is 0 Å². The second-order valence-electron chi connectivity index (χ2n) is 20.9. The van der Waals surface area contributed by atoms with Gasteiger partial charge in [0.25, 0.3) is 0 Å². The highest BCUT2D eigenvalue weighted by molar-refractivity contribution is 6.13. The molecule has 0 spiro atoms. The van der Waals surface area contributed by atoms with Crippen LogP contribution in [0.15, 0.2) is 315 Å². The van der Waals surface area contributed by atoms with Gasteiger partial charge in [-0.05, 0) is 162 Å². The van der Waals surface area contributed by atoms with Gasteiger partial charge in [-0.2, -0.15) is 0 Å². The number of para-hydroxylation sites is 2. The number of nitrogens with zero attached hydrogens (tertiary/aromatic N) is 2. The van der Waals surface area contributed by atoms with E-state index in [2.05, 4.69) is 325 Å². The van der Waals surface area contributed by atoms with Crippen LogP contribution in [0.3, 0.4) is 0 Å². The summed E-state index contributed by atoms with van der Waals surface area (Å²) in [6, 6.07) is 115. The fourth-order valence-electron chi connectivity index (χ4n) is 12.1. The molecule has 0 bridgehead atoms. The van der Waals surface area contributed by atoms with E-state index in [1.54, 1.807) is 0 Å². The van der Waals surface area contributed by atoms with E-state index in [1.165, 1.54) is 133 Å². The van der Waals surface area contributed by atoms with Crippen molar-refractivity contribution in [2.75, 3.05) is 0 Å². The molecule has 0 atom stereocenters. The summed E-state index contributed by atoms with van der Waals surface area (Å²) in [7, 11) is 0. The summed E-state index contributed by atoms with van der Waals surface area (Å²) in [6.07, 6.45) is 0. The van der Waals surface area contributed by atoms with Crippen molar-refractivity contribution in [1.29, 1.82) is 0 Å². The van der Waals surface area contributed by atoms with Gasteiger partial charge in [-0.3, -0.25) is 0 Å². The van der Waals surface area contributed by atoms with E-state index < -0.39 is 0 Å². The summed E-state index contributed by atoms with van der Waals surface area (Å²) in [5, 5.41) is 4.97. The zero-order valence-electron chi connectivity index (χ0n) is 43.9. The number of hydrogen-bond acceptors (Lipinski definition) is 0. The molecule has 0 N–H and O–H groups in total. The van der Waals surface area contributed by atoms with Crippen molar-refractivity contribution >= 4 is 43.6 Å². The minimum Gasteiger partial charge on any atom is -0.309 e. The van der Waals surface area contributed by atoms with Crippen molar-refractivity contribution in [2.24, 2.45) is 0 Å². The molecule has 13 aromatic carbocycles. The van der Waals surface area contributed by atoms with E-state index in [4.69, 9.17) is 0 Å². The minimum absolute atomic E-state index is 1.14. The highest BCUT2D eigenvalue weighted by Crippen LogP contribution is 2.40. The lowest BCUT2D eigenvalue weighted by molar-refractivity contribution is 1.18. The summed E-state index contributed by atoms with van der Waals surface area (Å²) in [6.45, 7) is 0. The van der Waals surface area contributed by atoms with Gasteiger partial charge in [0, 0.05) is 32.9 Å². The highest BCUT2D eigenvalue weighted by Gasteiger charge is 2.17. The standard InChI is InChI=1S/C78H52N2/c1-3-13-53(14-4-1)55-25-27-56(28-26-55)57-29-33-61(34-30-57)63-17-11-19-65(49-63)66-20-12-18-64(50-66)62-35-31-58(32-36-62)60-39-45-70(46-40-60)80-76-24-10-8-22-72(76)74-52-68(42-48-78(74)80)67-41-47-77-73(51-67)71-21-7-9-23-75(71)79(77)69-43-37-59(38-44-69)54-15-5-2-6-16-54/h1-52H. The lowest BCUT2D eigenvalue weighted by Crippen LogP contribution is -1.94. The molecule has 0 amide bonds. The first-order valence-corrected chi connectivity index (χ1v) is 27.5. The van der Waals surface area contributed by atoms with Crippen molar-refractivity contribution in [3.8, 4) is 100 Å². The first-order valence-electron chi connectivity index (χ1n) is 27.5. The van der Waals surface area contributed by atoms with Crippen molar-refractivity contribution in [3.05, 3.63) is 315 Å². The van der Waals surface area contributed by atoms with E-state index in [0.717, 1.165) is 11.4 Å². The molecule has 15 rings (SSSR count). The van der Waals surface area contributed by atoms with Crippen LogP contribution in [0.4, 0.5) is 0 Å². The SMILES string of the molecule is c1ccc(-c2ccc(-c3ccc(-c4cccc(-c5cccc(-c6ccc(-c7ccc(-n8c9ccccc9c9cc(-c%10ccc%11c(c%10)c%10ccccc%10n%11-c%10ccc(-c%11ccccc%11)cc%10)ccc98)cc7)cc6)c5)c4)cc3)cc2)cc1. The average Bonchev–Trinajstić information content (AvgIpc) is 4.07. The number of fused-ring (bicyclic) bond motifs is 6. The van der Waals surface area contributed by atoms with Crippen molar-refractivity contribution in [2.45, 2.75) is 0 Å². The van der Waals surface area contributed by atoms with Crippen molar-refractivity contribution in [3.63, 3.8) is 0 Å². The van der Waals surface area contributed by atoms with Gasteiger partial charge >= 0.3 is 0 Å². The Morgan fingerprint density at radius 1 is 0.138 bits per heavy atom. The van der Waals surface area contributed by atoms with E-state index in [9.17, 15) is 0 Å². The van der Waals surface area contributed by atoms with Crippen LogP contribution in [0.5, 0.6) is 0 Å². The third-order valence-corrected chi connectivity index (χ3v) is 16.2. The second-order valence-corrected chi connectivity index (χ2v) is 20.9. The van der Waals surface area contributed by atoms with Crippen molar-refractivity contribution < 1.29 is 0 Å². The van der Waals surface area contributed by atoms with Crippen LogP contribution in [0, 0.1) is 0 Å². The second kappa shape index (κ2) is 19.8. The average molecular weight is 1020 g/mol. The lowest BCUT2D eigenvalue weighted by atomic mass is 9.94. The van der Waals surface area contributed by atoms with E-state index in [0.29, 0.717) is 0 Å². The topological polar surface area (TPSA) is 9.86 Å².